The van der Waals surface area contributed by atoms with E-state index in [-0.39, 0.29) is 11.3 Å². The third-order valence-electron chi connectivity index (χ3n) is 3.58. The summed E-state index contributed by atoms with van der Waals surface area (Å²) in [4.78, 5) is 21.1. The van der Waals surface area contributed by atoms with Crippen molar-refractivity contribution in [3.05, 3.63) is 58.3 Å². The zero-order chi connectivity index (χ0) is 14.6. The van der Waals surface area contributed by atoms with Crippen molar-refractivity contribution in [2.75, 3.05) is 7.11 Å². The van der Waals surface area contributed by atoms with Gasteiger partial charge in [-0.25, -0.2) is 9.97 Å². The van der Waals surface area contributed by atoms with Crippen LogP contribution in [0.25, 0.3) is 16.7 Å². The largest absolute Gasteiger partial charge is 0.497 e. The molecule has 0 atom stereocenters. The summed E-state index contributed by atoms with van der Waals surface area (Å²) in [5.41, 5.74) is 1.64. The summed E-state index contributed by atoms with van der Waals surface area (Å²) in [6.45, 7) is 0. The molecule has 21 heavy (non-hydrogen) atoms. The Bertz CT molecular complexity index is 975. The second-order valence-electron chi connectivity index (χ2n) is 4.71. The number of rotatable bonds is 1. The van der Waals surface area contributed by atoms with Gasteiger partial charge < -0.3 is 4.74 Å². The molecule has 0 amide bonds. The van der Waals surface area contributed by atoms with Gasteiger partial charge in [0.05, 0.1) is 18.2 Å². The first-order valence-corrected chi connectivity index (χ1v) is 6.36. The molecule has 3 aromatic rings. The summed E-state index contributed by atoms with van der Waals surface area (Å²) in [5, 5.41) is 8.69. The Morgan fingerprint density at radius 1 is 1.29 bits per heavy atom. The highest BCUT2D eigenvalue weighted by Crippen LogP contribution is 2.28. The standard InChI is InChI=1S/C15H10N4O2/c1-21-8-4-5-11-10(7-8)12(16)14-18-13-9(3-2-6-17-13)15(20)19(11)14/h2-7,16H,1H3. The summed E-state index contributed by atoms with van der Waals surface area (Å²) in [6, 6.07) is 8.67. The number of hydrogen-bond acceptors (Lipinski definition) is 5. The predicted molar refractivity (Wildman–Crippen MR) is 77.6 cm³/mol. The number of fused-ring (bicyclic) bond motifs is 4. The van der Waals surface area contributed by atoms with E-state index in [0.29, 0.717) is 33.9 Å². The number of benzene rings is 1. The Labute approximate surface area is 119 Å². The van der Waals surface area contributed by atoms with Crippen molar-refractivity contribution in [2.24, 2.45) is 0 Å². The Hall–Kier alpha value is -3.02. The quantitative estimate of drug-likeness (QED) is 0.572. The van der Waals surface area contributed by atoms with Crippen molar-refractivity contribution in [3.8, 4) is 11.4 Å². The molecule has 0 radical (unpaired) electrons. The number of aromatic nitrogens is 3. The molecule has 3 heterocycles. The minimum absolute atomic E-state index is 0.202. The first-order valence-electron chi connectivity index (χ1n) is 6.36. The van der Waals surface area contributed by atoms with Gasteiger partial charge in [-0.15, -0.1) is 0 Å². The molecular weight excluding hydrogens is 268 g/mol. The van der Waals surface area contributed by atoms with Gasteiger partial charge in [0.25, 0.3) is 5.56 Å². The molecule has 0 bridgehead atoms. The Kier molecular flexibility index (Phi) is 2.24. The maximum absolute atomic E-state index is 12.6. The fourth-order valence-corrected chi connectivity index (χ4v) is 2.57. The zero-order valence-electron chi connectivity index (χ0n) is 11.1. The molecule has 1 aromatic carbocycles. The molecule has 1 aliphatic rings. The highest BCUT2D eigenvalue weighted by molar-refractivity contribution is 6.15. The van der Waals surface area contributed by atoms with Crippen molar-refractivity contribution >= 4 is 16.7 Å². The lowest BCUT2D eigenvalue weighted by Gasteiger charge is -2.05. The third-order valence-corrected chi connectivity index (χ3v) is 3.58. The molecule has 0 saturated carbocycles. The molecule has 102 valence electrons. The first-order chi connectivity index (χ1) is 10.2. The molecule has 2 aromatic heterocycles. The predicted octanol–water partition coefficient (Wildman–Crippen LogP) is 1.52. The average Bonchev–Trinajstić information content (AvgIpc) is 2.80. The summed E-state index contributed by atoms with van der Waals surface area (Å²) < 4.78 is 6.64. The van der Waals surface area contributed by atoms with Crippen molar-refractivity contribution in [1.82, 2.24) is 14.5 Å². The maximum atomic E-state index is 12.6. The Morgan fingerprint density at radius 3 is 2.95 bits per heavy atom. The molecule has 1 aliphatic heterocycles. The molecule has 1 N–H and O–H groups in total. The SMILES string of the molecule is COc1ccc2c(c1)C(=N)c1nc3ncccc3c(=O)n1-2. The van der Waals surface area contributed by atoms with Crippen LogP contribution in [0.4, 0.5) is 0 Å². The highest BCUT2D eigenvalue weighted by atomic mass is 16.5. The van der Waals surface area contributed by atoms with Gasteiger partial charge in [-0.3, -0.25) is 14.8 Å². The summed E-state index contributed by atoms with van der Waals surface area (Å²) in [6.07, 6.45) is 1.58. The van der Waals surface area contributed by atoms with Crippen molar-refractivity contribution in [3.63, 3.8) is 0 Å². The number of nitrogens with zero attached hydrogens (tertiary/aromatic N) is 3. The van der Waals surface area contributed by atoms with Crippen LogP contribution in [0.5, 0.6) is 5.75 Å². The molecule has 0 aliphatic carbocycles. The van der Waals surface area contributed by atoms with Crippen molar-refractivity contribution in [2.45, 2.75) is 0 Å². The van der Waals surface area contributed by atoms with Crippen LogP contribution in [0, 0.1) is 5.41 Å². The van der Waals surface area contributed by atoms with E-state index in [0.717, 1.165) is 0 Å². The average molecular weight is 278 g/mol. The molecular formula is C15H10N4O2. The van der Waals surface area contributed by atoms with E-state index in [1.54, 1.807) is 43.6 Å². The lowest BCUT2D eigenvalue weighted by Crippen LogP contribution is -2.21. The molecule has 6 nitrogen and oxygen atoms in total. The fraction of sp³-hybridized carbons (Fsp3) is 0.0667. The van der Waals surface area contributed by atoms with Gasteiger partial charge in [-0.05, 0) is 30.3 Å². The van der Waals surface area contributed by atoms with Crippen LogP contribution in [0.15, 0.2) is 41.3 Å². The van der Waals surface area contributed by atoms with Crippen LogP contribution < -0.4 is 10.3 Å². The van der Waals surface area contributed by atoms with E-state index in [4.69, 9.17) is 10.1 Å². The summed E-state index contributed by atoms with van der Waals surface area (Å²) in [7, 11) is 1.57. The van der Waals surface area contributed by atoms with E-state index in [2.05, 4.69) is 9.97 Å². The number of pyridine rings is 1. The van der Waals surface area contributed by atoms with Gasteiger partial charge in [-0.1, -0.05) is 0 Å². The smallest absolute Gasteiger partial charge is 0.267 e. The molecule has 0 fully saturated rings. The number of ether oxygens (including phenoxy) is 1. The Balaban J connectivity index is 2.13. The van der Waals surface area contributed by atoms with E-state index in [1.807, 2.05) is 0 Å². The number of hydrogen-bond donors (Lipinski definition) is 1. The molecule has 0 spiro atoms. The van der Waals surface area contributed by atoms with Gasteiger partial charge in [0.1, 0.15) is 11.5 Å². The van der Waals surface area contributed by atoms with Crippen LogP contribution >= 0.6 is 0 Å². The minimum Gasteiger partial charge on any atom is -0.497 e. The van der Waals surface area contributed by atoms with Crippen LogP contribution in [0.3, 0.4) is 0 Å². The lowest BCUT2D eigenvalue weighted by atomic mass is 10.1. The number of methoxy groups -OCH3 is 1. The van der Waals surface area contributed by atoms with Crippen LogP contribution in [0.1, 0.15) is 11.4 Å². The second kappa shape index (κ2) is 3.99. The monoisotopic (exact) mass is 278 g/mol. The van der Waals surface area contributed by atoms with E-state index in [1.165, 1.54) is 4.57 Å². The van der Waals surface area contributed by atoms with E-state index < -0.39 is 0 Å². The molecule has 4 rings (SSSR count). The zero-order valence-corrected chi connectivity index (χ0v) is 11.1. The van der Waals surface area contributed by atoms with E-state index >= 15 is 0 Å². The summed E-state index contributed by atoms with van der Waals surface area (Å²) in [5.74, 6) is 0.955. The topological polar surface area (TPSA) is 80.9 Å². The van der Waals surface area contributed by atoms with Gasteiger partial charge >= 0.3 is 0 Å². The Morgan fingerprint density at radius 2 is 2.14 bits per heavy atom. The highest BCUT2D eigenvalue weighted by Gasteiger charge is 2.28. The maximum Gasteiger partial charge on any atom is 0.267 e. The fourth-order valence-electron chi connectivity index (χ4n) is 2.57. The minimum atomic E-state index is -0.211. The summed E-state index contributed by atoms with van der Waals surface area (Å²) >= 11 is 0. The van der Waals surface area contributed by atoms with Crippen LogP contribution in [-0.2, 0) is 0 Å². The second-order valence-corrected chi connectivity index (χ2v) is 4.71. The van der Waals surface area contributed by atoms with Gasteiger partial charge in [-0.2, -0.15) is 0 Å². The molecule has 0 unspecified atom stereocenters. The van der Waals surface area contributed by atoms with Gasteiger partial charge in [0.15, 0.2) is 11.5 Å². The van der Waals surface area contributed by atoms with Crippen molar-refractivity contribution < 1.29 is 4.74 Å². The van der Waals surface area contributed by atoms with Crippen LogP contribution in [0.2, 0.25) is 0 Å². The van der Waals surface area contributed by atoms with Gasteiger partial charge in [0.2, 0.25) is 0 Å². The molecule has 0 saturated heterocycles. The van der Waals surface area contributed by atoms with E-state index in [9.17, 15) is 4.79 Å². The molecule has 6 heteroatoms. The van der Waals surface area contributed by atoms with Crippen molar-refractivity contribution in [1.29, 1.82) is 5.41 Å². The van der Waals surface area contributed by atoms with Gasteiger partial charge in [0, 0.05) is 11.8 Å². The van der Waals surface area contributed by atoms with Crippen LogP contribution in [-0.4, -0.2) is 27.4 Å². The first kappa shape index (κ1) is 11.8. The lowest BCUT2D eigenvalue weighted by molar-refractivity contribution is 0.414. The normalized spacial score (nSPS) is 12.3. The third kappa shape index (κ3) is 1.47. The number of nitrogens with one attached hydrogen (secondary N) is 1.